The molecule has 1 aliphatic carbocycles. The average molecular weight is 280 g/mol. The molecule has 3 N–H and O–H groups in total. The topological polar surface area (TPSA) is 55.1 Å². The van der Waals surface area contributed by atoms with Gasteiger partial charge in [-0.05, 0) is 35.1 Å². The van der Waals surface area contributed by atoms with Gasteiger partial charge in [0.2, 0.25) is 5.91 Å². The van der Waals surface area contributed by atoms with Gasteiger partial charge in [-0.15, -0.1) is 0 Å². The Balaban J connectivity index is 1.58. The van der Waals surface area contributed by atoms with Crippen molar-refractivity contribution in [1.29, 1.82) is 0 Å². The maximum Gasteiger partial charge on any atom is 0.224 e. The summed E-state index contributed by atoms with van der Waals surface area (Å²) < 4.78 is 0. The first-order valence-electron chi connectivity index (χ1n) is 7.38. The monoisotopic (exact) mass is 280 g/mol. The van der Waals surface area contributed by atoms with Crippen LogP contribution in [0.1, 0.15) is 22.3 Å². The van der Waals surface area contributed by atoms with Gasteiger partial charge in [0.1, 0.15) is 0 Å². The minimum Gasteiger partial charge on any atom is -0.352 e. The molecule has 1 amide bonds. The molecule has 3 nitrogen and oxygen atoms in total. The van der Waals surface area contributed by atoms with Crippen LogP contribution in [0.2, 0.25) is 0 Å². The maximum atomic E-state index is 12.3. The van der Waals surface area contributed by atoms with E-state index in [-0.39, 0.29) is 11.8 Å². The number of carbonyl (C=O) groups excluding carboxylic acids is 1. The quantitative estimate of drug-likeness (QED) is 0.902. The average Bonchev–Trinajstić information content (AvgIpc) is 2.97. The SMILES string of the molecule is NCc1cccc(CNC(=O)C2Cc3ccccc3C2)c1. The normalized spacial score (nSPS) is 14.0. The molecule has 1 aliphatic rings. The molecule has 0 heterocycles. The highest BCUT2D eigenvalue weighted by molar-refractivity contribution is 5.80. The van der Waals surface area contributed by atoms with E-state index in [1.54, 1.807) is 0 Å². The first kappa shape index (κ1) is 13.8. The van der Waals surface area contributed by atoms with Gasteiger partial charge in [-0.2, -0.15) is 0 Å². The lowest BCUT2D eigenvalue weighted by molar-refractivity contribution is -0.124. The van der Waals surface area contributed by atoms with Gasteiger partial charge < -0.3 is 11.1 Å². The van der Waals surface area contributed by atoms with E-state index in [1.165, 1.54) is 11.1 Å². The summed E-state index contributed by atoms with van der Waals surface area (Å²) in [5.41, 5.74) is 10.4. The van der Waals surface area contributed by atoms with E-state index in [0.717, 1.165) is 24.0 Å². The van der Waals surface area contributed by atoms with Crippen molar-refractivity contribution in [2.45, 2.75) is 25.9 Å². The van der Waals surface area contributed by atoms with E-state index in [1.807, 2.05) is 36.4 Å². The van der Waals surface area contributed by atoms with Crippen molar-refractivity contribution in [3.63, 3.8) is 0 Å². The molecule has 3 heteroatoms. The molecule has 0 unspecified atom stereocenters. The van der Waals surface area contributed by atoms with Crippen LogP contribution in [-0.4, -0.2) is 5.91 Å². The van der Waals surface area contributed by atoms with Crippen LogP contribution in [0.4, 0.5) is 0 Å². The lowest BCUT2D eigenvalue weighted by Crippen LogP contribution is -2.30. The molecular formula is C18H20N2O. The van der Waals surface area contributed by atoms with Gasteiger partial charge in [-0.1, -0.05) is 48.5 Å². The Labute approximate surface area is 125 Å². The number of benzene rings is 2. The first-order chi connectivity index (χ1) is 10.3. The highest BCUT2D eigenvalue weighted by atomic mass is 16.1. The smallest absolute Gasteiger partial charge is 0.224 e. The summed E-state index contributed by atoms with van der Waals surface area (Å²) in [7, 11) is 0. The fourth-order valence-corrected chi connectivity index (χ4v) is 2.94. The Kier molecular flexibility index (Phi) is 4.02. The molecule has 0 radical (unpaired) electrons. The zero-order valence-electron chi connectivity index (χ0n) is 12.0. The van der Waals surface area contributed by atoms with Gasteiger partial charge in [-0.3, -0.25) is 4.79 Å². The Morgan fingerprint density at radius 1 is 1.05 bits per heavy atom. The predicted molar refractivity (Wildman–Crippen MR) is 83.5 cm³/mol. The second-order valence-electron chi connectivity index (χ2n) is 5.62. The van der Waals surface area contributed by atoms with Crippen molar-refractivity contribution in [2.24, 2.45) is 11.7 Å². The largest absolute Gasteiger partial charge is 0.352 e. The number of nitrogens with one attached hydrogen (secondary N) is 1. The van der Waals surface area contributed by atoms with Crippen molar-refractivity contribution in [1.82, 2.24) is 5.32 Å². The summed E-state index contributed by atoms with van der Waals surface area (Å²) in [5, 5.41) is 3.05. The van der Waals surface area contributed by atoms with Crippen LogP contribution in [-0.2, 0) is 30.7 Å². The molecule has 0 spiro atoms. The van der Waals surface area contributed by atoms with Crippen LogP contribution < -0.4 is 11.1 Å². The number of hydrogen-bond donors (Lipinski definition) is 2. The second kappa shape index (κ2) is 6.10. The molecule has 2 aromatic carbocycles. The number of nitrogens with two attached hydrogens (primary N) is 1. The van der Waals surface area contributed by atoms with Gasteiger partial charge in [0.25, 0.3) is 0 Å². The van der Waals surface area contributed by atoms with E-state index in [0.29, 0.717) is 13.1 Å². The highest BCUT2D eigenvalue weighted by Gasteiger charge is 2.26. The van der Waals surface area contributed by atoms with E-state index >= 15 is 0 Å². The molecule has 0 atom stereocenters. The molecule has 0 aliphatic heterocycles. The number of amides is 1. The van der Waals surface area contributed by atoms with Gasteiger partial charge in [0.15, 0.2) is 0 Å². The van der Waals surface area contributed by atoms with Gasteiger partial charge in [0.05, 0.1) is 0 Å². The lowest BCUT2D eigenvalue weighted by Gasteiger charge is -2.11. The van der Waals surface area contributed by atoms with Crippen LogP contribution in [0.3, 0.4) is 0 Å². The standard InChI is InChI=1S/C18H20N2O/c19-11-13-4-3-5-14(8-13)12-20-18(21)17-9-15-6-1-2-7-16(15)10-17/h1-8,17H,9-12,19H2,(H,20,21). The van der Waals surface area contributed by atoms with Crippen LogP contribution in [0.25, 0.3) is 0 Å². The van der Waals surface area contributed by atoms with Crippen molar-refractivity contribution in [3.05, 3.63) is 70.8 Å². The Bertz CT molecular complexity index is 626. The van der Waals surface area contributed by atoms with Crippen LogP contribution in [0, 0.1) is 5.92 Å². The number of hydrogen-bond acceptors (Lipinski definition) is 2. The van der Waals surface area contributed by atoms with Crippen LogP contribution >= 0.6 is 0 Å². The molecule has 0 aromatic heterocycles. The summed E-state index contributed by atoms with van der Waals surface area (Å²) in [5.74, 6) is 0.212. The Morgan fingerprint density at radius 3 is 2.38 bits per heavy atom. The van der Waals surface area contributed by atoms with Gasteiger partial charge >= 0.3 is 0 Å². The molecule has 108 valence electrons. The zero-order chi connectivity index (χ0) is 14.7. The fourth-order valence-electron chi connectivity index (χ4n) is 2.94. The fraction of sp³-hybridized carbons (Fsp3) is 0.278. The minimum absolute atomic E-state index is 0.0695. The van der Waals surface area contributed by atoms with Crippen molar-refractivity contribution in [3.8, 4) is 0 Å². The zero-order valence-corrected chi connectivity index (χ0v) is 12.0. The number of fused-ring (bicyclic) bond motifs is 1. The molecule has 3 rings (SSSR count). The maximum absolute atomic E-state index is 12.3. The Hall–Kier alpha value is -2.13. The lowest BCUT2D eigenvalue weighted by atomic mass is 10.1. The number of rotatable bonds is 4. The van der Waals surface area contributed by atoms with Crippen LogP contribution in [0.15, 0.2) is 48.5 Å². The van der Waals surface area contributed by atoms with E-state index < -0.39 is 0 Å². The molecule has 0 fully saturated rings. The summed E-state index contributed by atoms with van der Waals surface area (Å²) in [6, 6.07) is 16.4. The summed E-state index contributed by atoms with van der Waals surface area (Å²) in [4.78, 5) is 12.3. The van der Waals surface area contributed by atoms with E-state index in [9.17, 15) is 4.79 Å². The third kappa shape index (κ3) is 3.14. The van der Waals surface area contributed by atoms with Gasteiger partial charge in [-0.25, -0.2) is 0 Å². The van der Waals surface area contributed by atoms with Gasteiger partial charge in [0, 0.05) is 19.0 Å². The summed E-state index contributed by atoms with van der Waals surface area (Å²) >= 11 is 0. The molecule has 21 heavy (non-hydrogen) atoms. The third-order valence-corrected chi connectivity index (χ3v) is 4.12. The molecular weight excluding hydrogens is 260 g/mol. The highest BCUT2D eigenvalue weighted by Crippen LogP contribution is 2.26. The van der Waals surface area contributed by atoms with E-state index in [4.69, 9.17) is 5.73 Å². The number of carbonyl (C=O) groups is 1. The summed E-state index contributed by atoms with van der Waals surface area (Å²) in [6.45, 7) is 1.10. The third-order valence-electron chi connectivity index (χ3n) is 4.12. The molecule has 0 bridgehead atoms. The second-order valence-corrected chi connectivity index (χ2v) is 5.62. The van der Waals surface area contributed by atoms with Crippen LogP contribution in [0.5, 0.6) is 0 Å². The van der Waals surface area contributed by atoms with Crippen molar-refractivity contribution < 1.29 is 4.79 Å². The predicted octanol–water partition coefficient (Wildman–Crippen LogP) is 2.18. The Morgan fingerprint density at radius 2 is 1.71 bits per heavy atom. The van der Waals surface area contributed by atoms with Crippen molar-refractivity contribution >= 4 is 5.91 Å². The van der Waals surface area contributed by atoms with Crippen molar-refractivity contribution in [2.75, 3.05) is 0 Å². The minimum atomic E-state index is 0.0695. The molecule has 0 saturated carbocycles. The molecule has 0 saturated heterocycles. The first-order valence-corrected chi connectivity index (χ1v) is 7.38. The van der Waals surface area contributed by atoms with E-state index in [2.05, 4.69) is 17.4 Å². The molecule has 2 aromatic rings. The summed E-state index contributed by atoms with van der Waals surface area (Å²) in [6.07, 6.45) is 1.70.